The molecule has 3 atom stereocenters. The highest BCUT2D eigenvalue weighted by Gasteiger charge is 2.37. The van der Waals surface area contributed by atoms with Crippen LogP contribution in [0.1, 0.15) is 72.6 Å². The summed E-state index contributed by atoms with van der Waals surface area (Å²) in [5.41, 5.74) is 0.380. The summed E-state index contributed by atoms with van der Waals surface area (Å²) >= 11 is 0. The predicted molar refractivity (Wildman–Crippen MR) is 79.8 cm³/mol. The van der Waals surface area contributed by atoms with Crippen molar-refractivity contribution >= 4 is 0 Å². The number of nitrogens with zero attached hydrogens (tertiary/aromatic N) is 1. The Kier molecular flexibility index (Phi) is 6.86. The molecule has 1 aliphatic carbocycles. The third kappa shape index (κ3) is 4.80. The number of ether oxygens (including phenoxy) is 1. The van der Waals surface area contributed by atoms with Gasteiger partial charge in [-0.25, -0.2) is 0 Å². The Bertz CT molecular complexity index is 292. The molecule has 0 saturated heterocycles. The molecule has 3 unspecified atom stereocenters. The summed E-state index contributed by atoms with van der Waals surface area (Å²) in [5, 5.41) is 9.28. The molecule has 0 aliphatic heterocycles. The normalized spacial score (nSPS) is 28.1. The predicted octanol–water partition coefficient (Wildman–Crippen LogP) is 4.94. The van der Waals surface area contributed by atoms with Crippen molar-refractivity contribution in [3.8, 4) is 6.07 Å². The van der Waals surface area contributed by atoms with Gasteiger partial charge < -0.3 is 4.74 Å². The van der Waals surface area contributed by atoms with E-state index in [4.69, 9.17) is 4.74 Å². The molecule has 0 N–H and O–H groups in total. The summed E-state index contributed by atoms with van der Waals surface area (Å²) in [6.07, 6.45) is 8.24. The van der Waals surface area contributed by atoms with Gasteiger partial charge in [0, 0.05) is 6.61 Å². The molecule has 2 heteroatoms. The summed E-state index contributed by atoms with van der Waals surface area (Å²) in [6.45, 7) is 10.0. The Morgan fingerprint density at radius 1 is 1.21 bits per heavy atom. The molecule has 0 spiro atoms. The van der Waals surface area contributed by atoms with E-state index in [1.165, 1.54) is 25.7 Å². The highest BCUT2D eigenvalue weighted by Crippen LogP contribution is 2.42. The van der Waals surface area contributed by atoms with Crippen LogP contribution < -0.4 is 0 Å². The fraction of sp³-hybridized carbons (Fsp3) is 0.941. The first-order valence-electron chi connectivity index (χ1n) is 8.06. The number of unbranched alkanes of at least 4 members (excludes halogenated alkanes) is 2. The molecule has 1 saturated carbocycles. The van der Waals surface area contributed by atoms with Crippen LogP contribution in [0.4, 0.5) is 0 Å². The lowest BCUT2D eigenvalue weighted by atomic mass is 9.67. The van der Waals surface area contributed by atoms with Crippen LogP contribution >= 0.6 is 0 Å². The van der Waals surface area contributed by atoms with Crippen molar-refractivity contribution < 1.29 is 4.74 Å². The third-order valence-corrected chi connectivity index (χ3v) is 5.05. The molecule has 0 heterocycles. The Balaban J connectivity index is 2.52. The van der Waals surface area contributed by atoms with Gasteiger partial charge in [0.25, 0.3) is 0 Å². The van der Waals surface area contributed by atoms with Crippen molar-refractivity contribution in [1.29, 1.82) is 5.26 Å². The van der Waals surface area contributed by atoms with Crippen LogP contribution in [0.5, 0.6) is 0 Å². The average Bonchev–Trinajstić information content (AvgIpc) is 2.43. The van der Waals surface area contributed by atoms with Gasteiger partial charge >= 0.3 is 0 Å². The molecule has 110 valence electrons. The van der Waals surface area contributed by atoms with Crippen molar-refractivity contribution in [1.82, 2.24) is 0 Å². The topological polar surface area (TPSA) is 33.0 Å². The van der Waals surface area contributed by atoms with Crippen LogP contribution in [0.3, 0.4) is 0 Å². The van der Waals surface area contributed by atoms with Crippen molar-refractivity contribution in [2.75, 3.05) is 6.61 Å². The van der Waals surface area contributed by atoms with Gasteiger partial charge in [-0.05, 0) is 37.0 Å². The molecule has 0 radical (unpaired) electrons. The fourth-order valence-corrected chi connectivity index (χ4v) is 3.05. The Hall–Kier alpha value is -0.550. The number of hydrogen-bond donors (Lipinski definition) is 0. The van der Waals surface area contributed by atoms with Gasteiger partial charge in [-0.2, -0.15) is 5.26 Å². The SMILES string of the molecule is CCCCCOC1CC(C(C)(C)CC)CCC1C#N. The lowest BCUT2D eigenvalue weighted by Gasteiger charge is -2.41. The molecular weight excluding hydrogens is 234 g/mol. The van der Waals surface area contributed by atoms with E-state index in [1.54, 1.807) is 0 Å². The van der Waals surface area contributed by atoms with Crippen LogP contribution in [0.2, 0.25) is 0 Å². The van der Waals surface area contributed by atoms with Gasteiger partial charge in [0.1, 0.15) is 0 Å². The van der Waals surface area contributed by atoms with Gasteiger partial charge in [0.15, 0.2) is 0 Å². The third-order valence-electron chi connectivity index (χ3n) is 5.05. The monoisotopic (exact) mass is 265 g/mol. The van der Waals surface area contributed by atoms with Crippen molar-refractivity contribution in [2.24, 2.45) is 17.3 Å². The van der Waals surface area contributed by atoms with E-state index in [0.717, 1.165) is 25.9 Å². The fourth-order valence-electron chi connectivity index (χ4n) is 3.05. The first-order chi connectivity index (χ1) is 9.05. The molecule has 0 bridgehead atoms. The Labute approximate surface area is 119 Å². The van der Waals surface area contributed by atoms with Crippen molar-refractivity contribution in [3.63, 3.8) is 0 Å². The summed E-state index contributed by atoms with van der Waals surface area (Å²) in [7, 11) is 0. The summed E-state index contributed by atoms with van der Waals surface area (Å²) in [5.74, 6) is 0.823. The second kappa shape index (κ2) is 7.90. The largest absolute Gasteiger partial charge is 0.377 e. The van der Waals surface area contributed by atoms with Crippen molar-refractivity contribution in [3.05, 3.63) is 0 Å². The summed E-state index contributed by atoms with van der Waals surface area (Å²) in [4.78, 5) is 0. The molecule has 1 fully saturated rings. The van der Waals surface area contributed by atoms with E-state index < -0.39 is 0 Å². The number of rotatable bonds is 7. The second-order valence-electron chi connectivity index (χ2n) is 6.70. The highest BCUT2D eigenvalue weighted by molar-refractivity contribution is 4.96. The Morgan fingerprint density at radius 2 is 1.95 bits per heavy atom. The van der Waals surface area contributed by atoms with Gasteiger partial charge in [-0.15, -0.1) is 0 Å². The summed E-state index contributed by atoms with van der Waals surface area (Å²) in [6, 6.07) is 2.46. The first kappa shape index (κ1) is 16.5. The van der Waals surface area contributed by atoms with Crippen molar-refractivity contribution in [2.45, 2.75) is 78.7 Å². The zero-order valence-corrected chi connectivity index (χ0v) is 13.2. The van der Waals surface area contributed by atoms with Crippen LogP contribution in [-0.4, -0.2) is 12.7 Å². The van der Waals surface area contributed by atoms with E-state index in [0.29, 0.717) is 11.3 Å². The zero-order valence-electron chi connectivity index (χ0n) is 13.2. The molecule has 1 aliphatic rings. The molecule has 0 aromatic rings. The molecule has 19 heavy (non-hydrogen) atoms. The maximum absolute atomic E-state index is 9.28. The van der Waals surface area contributed by atoms with Crippen LogP contribution in [0, 0.1) is 28.6 Å². The smallest absolute Gasteiger partial charge is 0.0736 e. The molecule has 1 rings (SSSR count). The molecule has 0 aromatic carbocycles. The number of hydrogen-bond acceptors (Lipinski definition) is 2. The summed E-state index contributed by atoms with van der Waals surface area (Å²) < 4.78 is 6.04. The van der Waals surface area contributed by atoms with E-state index in [1.807, 2.05) is 0 Å². The van der Waals surface area contributed by atoms with Gasteiger partial charge in [0.2, 0.25) is 0 Å². The van der Waals surface area contributed by atoms with E-state index in [-0.39, 0.29) is 12.0 Å². The van der Waals surface area contributed by atoms with E-state index in [9.17, 15) is 5.26 Å². The minimum Gasteiger partial charge on any atom is -0.377 e. The maximum atomic E-state index is 9.28. The van der Waals surface area contributed by atoms with Gasteiger partial charge in [-0.1, -0.05) is 47.0 Å². The average molecular weight is 265 g/mol. The zero-order chi connectivity index (χ0) is 14.3. The van der Waals surface area contributed by atoms with Gasteiger partial charge in [0.05, 0.1) is 18.1 Å². The van der Waals surface area contributed by atoms with E-state index >= 15 is 0 Å². The standard InChI is InChI=1S/C17H31NO/c1-5-7-8-11-19-16-12-15(17(3,4)6-2)10-9-14(16)13-18/h14-16H,5-12H2,1-4H3. The molecule has 0 aromatic heterocycles. The highest BCUT2D eigenvalue weighted by atomic mass is 16.5. The minimum atomic E-state index is 0.116. The lowest BCUT2D eigenvalue weighted by Crippen LogP contribution is -2.37. The Morgan fingerprint density at radius 3 is 2.53 bits per heavy atom. The van der Waals surface area contributed by atoms with Crippen LogP contribution in [0.15, 0.2) is 0 Å². The maximum Gasteiger partial charge on any atom is 0.0736 e. The number of nitriles is 1. The van der Waals surface area contributed by atoms with Crippen LogP contribution in [0.25, 0.3) is 0 Å². The van der Waals surface area contributed by atoms with Crippen LogP contribution in [-0.2, 0) is 4.74 Å². The lowest BCUT2D eigenvalue weighted by molar-refractivity contribution is -0.0323. The quantitative estimate of drug-likeness (QED) is 0.611. The van der Waals surface area contributed by atoms with E-state index in [2.05, 4.69) is 33.8 Å². The first-order valence-corrected chi connectivity index (χ1v) is 8.06. The molecule has 0 amide bonds. The minimum absolute atomic E-state index is 0.116. The molecule has 2 nitrogen and oxygen atoms in total. The molecular formula is C17H31NO. The second-order valence-corrected chi connectivity index (χ2v) is 6.70. The van der Waals surface area contributed by atoms with Gasteiger partial charge in [-0.3, -0.25) is 0 Å².